The van der Waals surface area contributed by atoms with E-state index in [2.05, 4.69) is 109 Å². The maximum atomic E-state index is 4.78. The van der Waals surface area contributed by atoms with Crippen molar-refractivity contribution in [3.05, 3.63) is 114 Å². The highest BCUT2D eigenvalue weighted by atomic mass is 15.0. The molecule has 0 amide bonds. The van der Waals surface area contributed by atoms with Crippen LogP contribution in [-0.2, 0) is 0 Å². The Morgan fingerprint density at radius 2 is 1.02 bits per heavy atom. The summed E-state index contributed by atoms with van der Waals surface area (Å²) in [5.41, 5.74) is 7.26. The second kappa shape index (κ2) is 9.71. The highest BCUT2D eigenvalue weighted by molar-refractivity contribution is 6.10. The molecule has 0 saturated carbocycles. The minimum absolute atomic E-state index is 0.611. The molecule has 7 aromatic rings. The van der Waals surface area contributed by atoms with Crippen molar-refractivity contribution < 1.29 is 0 Å². The number of rotatable bonds is 4. The number of hydrogen-bond donors (Lipinski definition) is 0. The van der Waals surface area contributed by atoms with Crippen molar-refractivity contribution in [1.29, 1.82) is 0 Å². The van der Waals surface area contributed by atoms with Crippen molar-refractivity contribution in [3.63, 3.8) is 0 Å². The first-order valence-corrected chi connectivity index (χ1v) is 13.6. The third-order valence-corrected chi connectivity index (χ3v) is 7.24. The largest absolute Gasteiger partial charge is 0.308 e. The molecule has 0 aliphatic carbocycles. The Bertz CT molecular complexity index is 2050. The molecule has 3 aromatic heterocycles. The molecule has 0 saturated heterocycles. The van der Waals surface area contributed by atoms with Crippen molar-refractivity contribution in [2.45, 2.75) is 27.7 Å². The van der Waals surface area contributed by atoms with Crippen LogP contribution in [-0.4, -0.2) is 34.5 Å². The number of hydrogen-bond acceptors (Lipinski definition) is 6. The van der Waals surface area contributed by atoms with Gasteiger partial charge >= 0.3 is 0 Å². The van der Waals surface area contributed by atoms with Gasteiger partial charge in [0, 0.05) is 21.9 Å². The van der Waals surface area contributed by atoms with E-state index in [-0.39, 0.29) is 0 Å². The molecule has 7 nitrogen and oxygen atoms in total. The van der Waals surface area contributed by atoms with Crippen LogP contribution in [0.4, 0.5) is 0 Å². The van der Waals surface area contributed by atoms with Gasteiger partial charge in [-0.1, -0.05) is 60.7 Å². The number of aryl methyl sites for hydroxylation is 4. The molecule has 0 aliphatic heterocycles. The first kappa shape index (κ1) is 24.7. The Hall–Kier alpha value is -5.30. The lowest BCUT2D eigenvalue weighted by atomic mass is 10.0. The average Bonchev–Trinajstić information content (AvgIpc) is 3.30. The summed E-state index contributed by atoms with van der Waals surface area (Å²) in [4.78, 5) is 27.6. The minimum atomic E-state index is 0.611. The second-order valence-corrected chi connectivity index (χ2v) is 10.2. The molecule has 0 aliphatic rings. The molecule has 198 valence electrons. The summed E-state index contributed by atoms with van der Waals surface area (Å²) in [7, 11) is 0. The summed E-state index contributed by atoms with van der Waals surface area (Å²) in [5, 5.41) is 2.37. The van der Waals surface area contributed by atoms with Gasteiger partial charge in [-0.15, -0.1) is 0 Å². The summed E-state index contributed by atoms with van der Waals surface area (Å²) < 4.78 is 2.31. The van der Waals surface area contributed by atoms with Gasteiger partial charge in [0.15, 0.2) is 11.6 Å². The van der Waals surface area contributed by atoms with Crippen LogP contribution in [0.25, 0.3) is 61.4 Å². The molecule has 0 atom stereocenters. The number of para-hydroxylation sites is 1. The molecular weight excluding hydrogens is 506 g/mol. The highest BCUT2D eigenvalue weighted by Gasteiger charge is 2.19. The fourth-order valence-corrected chi connectivity index (χ4v) is 5.57. The summed E-state index contributed by atoms with van der Waals surface area (Å²) in [5.74, 6) is 3.94. The van der Waals surface area contributed by atoms with Crippen molar-refractivity contribution >= 4 is 21.8 Å². The van der Waals surface area contributed by atoms with Crippen molar-refractivity contribution in [2.75, 3.05) is 0 Å². The standard InChI is InChI=1S/C34H27N7/c1-20-35-21(2)38-33(37-20)26-15-17-31(29(18-26)34-39-22(3)36-23(4)40-34)41-30-13-9-8-12-27(30)28-16-14-25(19-32(28)41)24-10-6-5-7-11-24/h5-19H,1-4H3. The first-order chi connectivity index (χ1) is 19.9. The van der Waals surface area contributed by atoms with Crippen LogP contribution in [0.5, 0.6) is 0 Å². The topological polar surface area (TPSA) is 82.3 Å². The minimum Gasteiger partial charge on any atom is -0.308 e. The summed E-state index contributed by atoms with van der Waals surface area (Å²) in [6.07, 6.45) is 0. The molecule has 7 rings (SSSR count). The second-order valence-electron chi connectivity index (χ2n) is 10.2. The van der Waals surface area contributed by atoms with Crippen LogP contribution < -0.4 is 0 Å². The Kier molecular flexibility index (Phi) is 5.86. The summed E-state index contributed by atoms with van der Waals surface area (Å²) in [6.45, 7) is 7.56. The Morgan fingerprint density at radius 3 is 1.73 bits per heavy atom. The predicted molar refractivity (Wildman–Crippen MR) is 163 cm³/mol. The van der Waals surface area contributed by atoms with Crippen LogP contribution >= 0.6 is 0 Å². The fourth-order valence-electron chi connectivity index (χ4n) is 5.57. The zero-order chi connectivity index (χ0) is 28.1. The van der Waals surface area contributed by atoms with Gasteiger partial charge in [-0.3, -0.25) is 0 Å². The van der Waals surface area contributed by atoms with Crippen molar-refractivity contribution in [3.8, 4) is 39.6 Å². The van der Waals surface area contributed by atoms with Gasteiger partial charge < -0.3 is 4.57 Å². The quantitative estimate of drug-likeness (QED) is 0.235. The van der Waals surface area contributed by atoms with E-state index in [1.165, 1.54) is 16.3 Å². The van der Waals surface area contributed by atoms with E-state index in [0.29, 0.717) is 34.9 Å². The maximum absolute atomic E-state index is 4.78. The van der Waals surface area contributed by atoms with E-state index in [1.54, 1.807) is 0 Å². The molecule has 41 heavy (non-hydrogen) atoms. The highest BCUT2D eigenvalue weighted by Crippen LogP contribution is 2.38. The lowest BCUT2D eigenvalue weighted by Crippen LogP contribution is -2.04. The van der Waals surface area contributed by atoms with E-state index in [1.807, 2.05) is 33.8 Å². The molecular formula is C34H27N7. The first-order valence-electron chi connectivity index (χ1n) is 13.6. The molecule has 7 heteroatoms. The summed E-state index contributed by atoms with van der Waals surface area (Å²) in [6, 6.07) is 31.9. The van der Waals surface area contributed by atoms with Crippen LogP contribution in [0, 0.1) is 27.7 Å². The van der Waals surface area contributed by atoms with Crippen LogP contribution in [0.1, 0.15) is 23.3 Å². The van der Waals surface area contributed by atoms with Gasteiger partial charge in [0.2, 0.25) is 0 Å². The lowest BCUT2D eigenvalue weighted by molar-refractivity contribution is 0.924. The molecule has 0 spiro atoms. The maximum Gasteiger partial charge on any atom is 0.165 e. The number of aromatic nitrogens is 7. The summed E-state index contributed by atoms with van der Waals surface area (Å²) >= 11 is 0. The predicted octanol–water partition coefficient (Wildman–Crippen LogP) is 7.39. The number of benzene rings is 4. The van der Waals surface area contributed by atoms with Gasteiger partial charge in [0.25, 0.3) is 0 Å². The van der Waals surface area contributed by atoms with Crippen LogP contribution in [0.3, 0.4) is 0 Å². The fraction of sp³-hybridized carbons (Fsp3) is 0.118. The van der Waals surface area contributed by atoms with Crippen LogP contribution in [0.2, 0.25) is 0 Å². The van der Waals surface area contributed by atoms with Crippen molar-refractivity contribution in [1.82, 2.24) is 34.5 Å². The number of nitrogens with zero attached hydrogens (tertiary/aromatic N) is 7. The van der Waals surface area contributed by atoms with E-state index >= 15 is 0 Å². The van der Waals surface area contributed by atoms with E-state index in [0.717, 1.165) is 33.4 Å². The van der Waals surface area contributed by atoms with Gasteiger partial charge in [0.1, 0.15) is 23.3 Å². The van der Waals surface area contributed by atoms with Gasteiger partial charge in [0.05, 0.1) is 16.7 Å². The van der Waals surface area contributed by atoms with Crippen LogP contribution in [0.15, 0.2) is 91.0 Å². The molecule has 4 aromatic carbocycles. The Morgan fingerprint density at radius 1 is 0.439 bits per heavy atom. The Balaban J connectivity index is 1.56. The van der Waals surface area contributed by atoms with Gasteiger partial charge in [-0.25, -0.2) is 29.9 Å². The van der Waals surface area contributed by atoms with Gasteiger partial charge in [-0.2, -0.15) is 0 Å². The van der Waals surface area contributed by atoms with E-state index < -0.39 is 0 Å². The molecule has 0 bridgehead atoms. The molecule has 0 radical (unpaired) electrons. The zero-order valence-corrected chi connectivity index (χ0v) is 23.3. The van der Waals surface area contributed by atoms with Gasteiger partial charge in [-0.05, 0) is 69.2 Å². The third kappa shape index (κ3) is 4.41. The van der Waals surface area contributed by atoms with E-state index in [4.69, 9.17) is 9.97 Å². The third-order valence-electron chi connectivity index (χ3n) is 7.24. The SMILES string of the molecule is Cc1nc(C)nc(-c2ccc(-n3c4ccccc4c4ccc(-c5ccccc5)cc43)c(-c3nc(C)nc(C)n3)c2)n1. The van der Waals surface area contributed by atoms with E-state index in [9.17, 15) is 0 Å². The zero-order valence-electron chi connectivity index (χ0n) is 23.3. The number of fused-ring (bicyclic) bond motifs is 3. The molecule has 3 heterocycles. The normalized spacial score (nSPS) is 11.4. The van der Waals surface area contributed by atoms with Crippen molar-refractivity contribution in [2.24, 2.45) is 0 Å². The lowest BCUT2D eigenvalue weighted by Gasteiger charge is -2.15. The monoisotopic (exact) mass is 533 g/mol. The molecule has 0 unspecified atom stereocenters. The smallest absolute Gasteiger partial charge is 0.165 e. The Labute approximate surface area is 237 Å². The molecule has 0 N–H and O–H groups in total. The average molecular weight is 534 g/mol. The molecule has 0 fully saturated rings.